The molecule has 0 aliphatic heterocycles. The summed E-state index contributed by atoms with van der Waals surface area (Å²) in [4.78, 5) is 11.2. The summed E-state index contributed by atoms with van der Waals surface area (Å²) in [7, 11) is 0. The molecule has 0 saturated heterocycles. The maximum atomic E-state index is 11.2. The predicted octanol–water partition coefficient (Wildman–Crippen LogP) is 4.46. The molecule has 1 aliphatic carbocycles. The second-order valence-electron chi connectivity index (χ2n) is 6.41. The Morgan fingerprint density at radius 1 is 1.09 bits per heavy atom. The van der Waals surface area contributed by atoms with E-state index in [1.807, 2.05) is 30.3 Å². The molecule has 4 nitrogen and oxygen atoms in total. The number of carboxylic acids is 1. The van der Waals surface area contributed by atoms with E-state index < -0.39 is 5.97 Å². The summed E-state index contributed by atoms with van der Waals surface area (Å²) in [6.45, 7) is -0.0569. The van der Waals surface area contributed by atoms with E-state index in [0.29, 0.717) is 5.92 Å². The number of benzene rings is 1. The van der Waals surface area contributed by atoms with Gasteiger partial charge in [0.25, 0.3) is 0 Å². The molecule has 4 heteroatoms. The van der Waals surface area contributed by atoms with E-state index in [1.165, 1.54) is 32.1 Å². The molecular formula is C19H24N2O2. The lowest BCUT2D eigenvalue weighted by molar-refractivity contribution is -0.137. The Labute approximate surface area is 137 Å². The largest absolute Gasteiger partial charge is 0.480 e. The van der Waals surface area contributed by atoms with Crippen LogP contribution in [0.1, 0.15) is 56.6 Å². The van der Waals surface area contributed by atoms with Gasteiger partial charge in [0.05, 0.1) is 5.69 Å². The van der Waals surface area contributed by atoms with Crippen LogP contribution in [0, 0.1) is 0 Å². The fraction of sp³-hybridized carbons (Fsp3) is 0.474. The summed E-state index contributed by atoms with van der Waals surface area (Å²) >= 11 is 0. The lowest BCUT2D eigenvalue weighted by atomic mass is 9.88. The van der Waals surface area contributed by atoms with Crippen LogP contribution in [-0.4, -0.2) is 20.9 Å². The molecule has 3 rings (SSSR count). The van der Waals surface area contributed by atoms with Gasteiger partial charge in [-0.3, -0.25) is 9.48 Å². The van der Waals surface area contributed by atoms with Gasteiger partial charge in [0.2, 0.25) is 0 Å². The molecule has 0 spiro atoms. The smallest absolute Gasteiger partial charge is 0.325 e. The zero-order valence-corrected chi connectivity index (χ0v) is 13.4. The fourth-order valence-electron chi connectivity index (χ4n) is 3.52. The van der Waals surface area contributed by atoms with Crippen LogP contribution in [0.3, 0.4) is 0 Å². The van der Waals surface area contributed by atoms with E-state index in [2.05, 4.69) is 11.2 Å². The molecule has 1 aromatic heterocycles. The number of carbonyl (C=O) groups is 1. The van der Waals surface area contributed by atoms with Crippen LogP contribution in [0.2, 0.25) is 0 Å². The third kappa shape index (κ3) is 4.01. The van der Waals surface area contributed by atoms with Gasteiger partial charge in [-0.15, -0.1) is 0 Å². The maximum Gasteiger partial charge on any atom is 0.325 e. The van der Waals surface area contributed by atoms with Gasteiger partial charge >= 0.3 is 5.97 Å². The maximum absolute atomic E-state index is 11.2. The average molecular weight is 312 g/mol. The van der Waals surface area contributed by atoms with Crippen LogP contribution < -0.4 is 0 Å². The highest BCUT2D eigenvalue weighted by Crippen LogP contribution is 2.33. The highest BCUT2D eigenvalue weighted by atomic mass is 16.4. The first kappa shape index (κ1) is 15.8. The Balaban J connectivity index is 1.92. The van der Waals surface area contributed by atoms with Gasteiger partial charge in [0, 0.05) is 17.2 Å². The highest BCUT2D eigenvalue weighted by Gasteiger charge is 2.21. The van der Waals surface area contributed by atoms with Crippen LogP contribution in [-0.2, 0) is 11.3 Å². The van der Waals surface area contributed by atoms with Gasteiger partial charge in [-0.2, -0.15) is 5.10 Å². The van der Waals surface area contributed by atoms with E-state index in [-0.39, 0.29) is 6.54 Å². The highest BCUT2D eigenvalue weighted by molar-refractivity contribution is 5.67. The third-order valence-electron chi connectivity index (χ3n) is 4.69. The summed E-state index contributed by atoms with van der Waals surface area (Å²) in [5.74, 6) is -0.403. The van der Waals surface area contributed by atoms with Crippen molar-refractivity contribution in [2.75, 3.05) is 0 Å². The molecule has 1 aromatic carbocycles. The summed E-state index contributed by atoms with van der Waals surface area (Å²) in [6, 6.07) is 12.1. The Morgan fingerprint density at radius 3 is 2.39 bits per heavy atom. The quantitative estimate of drug-likeness (QED) is 0.906. The second kappa shape index (κ2) is 7.44. The minimum absolute atomic E-state index is 0.0569. The molecule has 0 atom stereocenters. The first-order valence-electron chi connectivity index (χ1n) is 8.59. The first-order valence-corrected chi connectivity index (χ1v) is 8.59. The fourth-order valence-corrected chi connectivity index (χ4v) is 3.52. The van der Waals surface area contributed by atoms with Gasteiger partial charge < -0.3 is 5.11 Å². The molecule has 2 aromatic rings. The number of aromatic nitrogens is 2. The second-order valence-corrected chi connectivity index (χ2v) is 6.41. The Morgan fingerprint density at radius 2 is 1.74 bits per heavy atom. The summed E-state index contributed by atoms with van der Waals surface area (Å²) < 4.78 is 1.71. The average Bonchev–Trinajstić information content (AvgIpc) is 2.91. The Hall–Kier alpha value is -2.10. The van der Waals surface area contributed by atoms with E-state index in [4.69, 9.17) is 0 Å². The molecule has 1 saturated carbocycles. The van der Waals surface area contributed by atoms with Crippen molar-refractivity contribution in [3.05, 3.63) is 42.1 Å². The summed E-state index contributed by atoms with van der Waals surface area (Å²) in [5.41, 5.74) is 3.01. The van der Waals surface area contributed by atoms with E-state index in [0.717, 1.165) is 29.8 Å². The number of hydrogen-bond acceptors (Lipinski definition) is 2. The number of rotatable bonds is 4. The summed E-state index contributed by atoms with van der Waals surface area (Å²) in [5, 5.41) is 13.8. The molecule has 1 fully saturated rings. The van der Waals surface area contributed by atoms with Gasteiger partial charge in [0.1, 0.15) is 6.54 Å². The van der Waals surface area contributed by atoms with Crippen LogP contribution in [0.4, 0.5) is 0 Å². The number of aliphatic carboxylic acids is 1. The van der Waals surface area contributed by atoms with Crippen molar-refractivity contribution in [1.82, 2.24) is 9.78 Å². The monoisotopic (exact) mass is 312 g/mol. The molecule has 0 amide bonds. The molecule has 0 bridgehead atoms. The normalized spacial score (nSPS) is 16.7. The van der Waals surface area contributed by atoms with Crippen molar-refractivity contribution < 1.29 is 9.90 Å². The number of carboxylic acid groups (broad SMARTS) is 1. The van der Waals surface area contributed by atoms with E-state index in [1.54, 1.807) is 4.68 Å². The zero-order valence-electron chi connectivity index (χ0n) is 13.4. The van der Waals surface area contributed by atoms with Gasteiger partial charge in [-0.05, 0) is 18.9 Å². The van der Waals surface area contributed by atoms with E-state index in [9.17, 15) is 9.90 Å². The number of nitrogens with zero attached hydrogens (tertiary/aromatic N) is 2. The molecule has 1 heterocycles. The van der Waals surface area contributed by atoms with Gasteiger partial charge in [-0.25, -0.2) is 0 Å². The number of hydrogen-bond donors (Lipinski definition) is 1. The Kier molecular flexibility index (Phi) is 5.11. The van der Waals surface area contributed by atoms with Crippen LogP contribution in [0.15, 0.2) is 36.4 Å². The molecule has 0 unspecified atom stereocenters. The lowest BCUT2D eigenvalue weighted by Gasteiger charge is -2.20. The molecule has 122 valence electrons. The molecule has 1 N–H and O–H groups in total. The molecule has 23 heavy (non-hydrogen) atoms. The standard InChI is InChI=1S/C19H24N2O2/c22-19(23)14-21-18(16-11-5-2-1-3-6-12-16)13-17(20-21)15-9-7-4-8-10-15/h4,7-10,13,16H,1-3,5-6,11-12,14H2,(H,22,23). The summed E-state index contributed by atoms with van der Waals surface area (Å²) in [6.07, 6.45) is 8.63. The molecule has 0 radical (unpaired) electrons. The minimum Gasteiger partial charge on any atom is -0.480 e. The van der Waals surface area contributed by atoms with Crippen molar-refractivity contribution >= 4 is 5.97 Å². The lowest BCUT2D eigenvalue weighted by Crippen LogP contribution is -2.16. The first-order chi connectivity index (χ1) is 11.2. The van der Waals surface area contributed by atoms with E-state index >= 15 is 0 Å². The van der Waals surface area contributed by atoms with Crippen molar-refractivity contribution in [3.8, 4) is 11.3 Å². The van der Waals surface area contributed by atoms with Crippen LogP contribution in [0.25, 0.3) is 11.3 Å². The Bertz CT molecular complexity index is 641. The molecular weight excluding hydrogens is 288 g/mol. The van der Waals surface area contributed by atoms with Crippen molar-refractivity contribution in [3.63, 3.8) is 0 Å². The topological polar surface area (TPSA) is 55.1 Å². The SMILES string of the molecule is O=C(O)Cn1nc(-c2ccccc2)cc1C1CCCCCCC1. The van der Waals surface area contributed by atoms with Crippen molar-refractivity contribution in [2.45, 2.75) is 57.4 Å². The van der Waals surface area contributed by atoms with Gasteiger partial charge in [-0.1, -0.05) is 62.4 Å². The van der Waals surface area contributed by atoms with Crippen molar-refractivity contribution in [1.29, 1.82) is 0 Å². The van der Waals surface area contributed by atoms with Crippen molar-refractivity contribution in [2.24, 2.45) is 0 Å². The zero-order chi connectivity index (χ0) is 16.1. The van der Waals surface area contributed by atoms with Crippen LogP contribution >= 0.6 is 0 Å². The van der Waals surface area contributed by atoms with Crippen LogP contribution in [0.5, 0.6) is 0 Å². The predicted molar refractivity (Wildman–Crippen MR) is 90.4 cm³/mol. The molecule has 1 aliphatic rings. The van der Waals surface area contributed by atoms with Gasteiger partial charge in [0.15, 0.2) is 0 Å². The third-order valence-corrected chi connectivity index (χ3v) is 4.69. The minimum atomic E-state index is -0.834.